The molecule has 0 heterocycles. The fourth-order valence-corrected chi connectivity index (χ4v) is 0.691. The molecule has 1 unspecified atom stereocenters. The smallest absolute Gasteiger partial charge is 0.321 e. The van der Waals surface area contributed by atoms with Crippen LogP contribution in [0.2, 0.25) is 0 Å². The van der Waals surface area contributed by atoms with Gasteiger partial charge >= 0.3 is 6.03 Å². The predicted molar refractivity (Wildman–Crippen MR) is 53.3 cm³/mol. The van der Waals surface area contributed by atoms with Crippen LogP contribution in [-0.4, -0.2) is 37.1 Å². The van der Waals surface area contributed by atoms with Gasteiger partial charge in [0.2, 0.25) is 5.91 Å². The maximum Gasteiger partial charge on any atom is 0.321 e. The van der Waals surface area contributed by atoms with Crippen LogP contribution in [0.25, 0.3) is 0 Å². The number of carbonyl (C=O) groups excluding carboxylic acids is 2. The van der Waals surface area contributed by atoms with E-state index in [9.17, 15) is 9.59 Å². The summed E-state index contributed by atoms with van der Waals surface area (Å²) in [6, 6.07) is -0.554. The molecule has 0 spiro atoms. The normalized spacial score (nSPS) is 11.9. The summed E-state index contributed by atoms with van der Waals surface area (Å²) >= 11 is 5.44. The van der Waals surface area contributed by atoms with Gasteiger partial charge in [-0.2, -0.15) is 0 Å². The van der Waals surface area contributed by atoms with Crippen LogP contribution in [0.15, 0.2) is 0 Å². The molecule has 0 saturated carbocycles. The zero-order chi connectivity index (χ0) is 11.0. The average molecular weight is 223 g/mol. The largest absolute Gasteiger partial charge is 0.380 e. The van der Waals surface area contributed by atoms with Crippen molar-refractivity contribution >= 4 is 23.5 Å². The summed E-state index contributed by atoms with van der Waals surface area (Å²) in [6.07, 6.45) is 0. The van der Waals surface area contributed by atoms with Crippen LogP contribution in [0, 0.1) is 0 Å². The number of imide groups is 1. The summed E-state index contributed by atoms with van der Waals surface area (Å²) in [4.78, 5) is 21.9. The van der Waals surface area contributed by atoms with Crippen molar-refractivity contribution in [2.45, 2.75) is 19.2 Å². The van der Waals surface area contributed by atoms with E-state index in [1.165, 1.54) is 6.92 Å². The topological polar surface area (TPSA) is 67.4 Å². The van der Waals surface area contributed by atoms with E-state index in [2.05, 4.69) is 10.6 Å². The van der Waals surface area contributed by atoms with Crippen molar-refractivity contribution in [3.05, 3.63) is 0 Å². The van der Waals surface area contributed by atoms with Gasteiger partial charge in [0, 0.05) is 13.2 Å². The Labute approximate surface area is 88.1 Å². The maximum absolute atomic E-state index is 11.0. The summed E-state index contributed by atoms with van der Waals surface area (Å²) in [5.41, 5.74) is 0. The summed E-state index contributed by atoms with van der Waals surface area (Å²) in [5, 5.41) is 3.81. The number of alkyl halides is 1. The minimum atomic E-state index is -0.715. The Morgan fingerprint density at radius 1 is 1.50 bits per heavy atom. The van der Waals surface area contributed by atoms with Crippen molar-refractivity contribution in [3.8, 4) is 0 Å². The molecule has 0 aromatic heterocycles. The number of hydrogen-bond donors (Lipinski definition) is 2. The third-order valence-corrected chi connectivity index (χ3v) is 1.53. The highest BCUT2D eigenvalue weighted by Crippen LogP contribution is 1.91. The minimum absolute atomic E-state index is 0.365. The van der Waals surface area contributed by atoms with Gasteiger partial charge in [0.15, 0.2) is 0 Å². The molecule has 0 saturated heterocycles. The Balaban J connectivity index is 3.51. The molecule has 0 fully saturated rings. The Kier molecular flexibility index (Phi) is 7.14. The first-order chi connectivity index (χ1) is 6.57. The molecule has 2 N–H and O–H groups in total. The second-order valence-electron chi connectivity index (χ2n) is 2.56. The number of nitrogens with one attached hydrogen (secondary N) is 2. The monoisotopic (exact) mass is 222 g/mol. The Morgan fingerprint density at radius 2 is 2.14 bits per heavy atom. The van der Waals surface area contributed by atoms with Gasteiger partial charge in [0.1, 0.15) is 5.38 Å². The van der Waals surface area contributed by atoms with Crippen LogP contribution in [0.4, 0.5) is 4.79 Å². The molecular weight excluding hydrogens is 208 g/mol. The van der Waals surface area contributed by atoms with Crippen molar-refractivity contribution in [1.29, 1.82) is 0 Å². The molecule has 1 atom stereocenters. The highest BCUT2D eigenvalue weighted by molar-refractivity contribution is 6.31. The second kappa shape index (κ2) is 7.58. The van der Waals surface area contributed by atoms with Gasteiger partial charge in [-0.15, -0.1) is 11.6 Å². The molecule has 0 aromatic carbocycles. The van der Waals surface area contributed by atoms with E-state index in [4.69, 9.17) is 16.3 Å². The quantitative estimate of drug-likeness (QED) is 0.525. The highest BCUT2D eigenvalue weighted by atomic mass is 35.5. The molecule has 0 rings (SSSR count). The number of amides is 3. The van der Waals surface area contributed by atoms with Gasteiger partial charge < -0.3 is 10.1 Å². The zero-order valence-electron chi connectivity index (χ0n) is 8.30. The predicted octanol–water partition coefficient (Wildman–Crippen LogP) is 0.476. The van der Waals surface area contributed by atoms with Gasteiger partial charge in [-0.3, -0.25) is 10.1 Å². The lowest BCUT2D eigenvalue weighted by atomic mass is 10.4. The van der Waals surface area contributed by atoms with Gasteiger partial charge in [0.25, 0.3) is 0 Å². The van der Waals surface area contributed by atoms with E-state index in [-0.39, 0.29) is 0 Å². The second-order valence-corrected chi connectivity index (χ2v) is 3.21. The van der Waals surface area contributed by atoms with Crippen LogP contribution >= 0.6 is 11.6 Å². The minimum Gasteiger partial charge on any atom is -0.380 e. The number of hydrogen-bond acceptors (Lipinski definition) is 3. The van der Waals surface area contributed by atoms with Crippen LogP contribution in [0.5, 0.6) is 0 Å². The summed E-state index contributed by atoms with van der Waals surface area (Å²) < 4.78 is 4.98. The molecule has 0 aliphatic carbocycles. The molecule has 6 heteroatoms. The lowest BCUT2D eigenvalue weighted by Gasteiger charge is -2.07. The van der Waals surface area contributed by atoms with E-state index >= 15 is 0 Å². The Morgan fingerprint density at radius 3 is 2.64 bits per heavy atom. The van der Waals surface area contributed by atoms with Gasteiger partial charge in [-0.25, -0.2) is 4.79 Å². The fraction of sp³-hybridized carbons (Fsp3) is 0.750. The molecular formula is C8H15ClN2O3. The highest BCUT2D eigenvalue weighted by Gasteiger charge is 2.11. The van der Waals surface area contributed by atoms with Crippen molar-refractivity contribution in [2.24, 2.45) is 0 Å². The van der Waals surface area contributed by atoms with Crippen molar-refractivity contribution in [1.82, 2.24) is 10.6 Å². The first-order valence-electron chi connectivity index (χ1n) is 4.38. The molecule has 0 aromatic rings. The average Bonchev–Trinajstić information content (AvgIpc) is 2.12. The van der Waals surface area contributed by atoms with Gasteiger partial charge in [-0.05, 0) is 13.8 Å². The van der Waals surface area contributed by atoms with E-state index in [0.717, 1.165) is 0 Å². The standard InChI is InChI=1S/C8H15ClN2O3/c1-3-14-5-4-10-8(13)11-7(12)6(2)9/h6H,3-5H2,1-2H3,(H2,10,11,12,13). The van der Waals surface area contributed by atoms with E-state index in [1.54, 1.807) is 0 Å². The van der Waals surface area contributed by atoms with Crippen molar-refractivity contribution in [3.63, 3.8) is 0 Å². The summed E-state index contributed by atoms with van der Waals surface area (Å²) in [5.74, 6) is -0.513. The molecule has 0 aliphatic heterocycles. The molecule has 3 amide bonds. The van der Waals surface area contributed by atoms with Crippen LogP contribution < -0.4 is 10.6 Å². The molecule has 14 heavy (non-hydrogen) atoms. The van der Waals surface area contributed by atoms with Crippen LogP contribution in [0.1, 0.15) is 13.8 Å². The molecule has 0 bridgehead atoms. The SMILES string of the molecule is CCOCCNC(=O)NC(=O)C(C)Cl. The van der Waals surface area contributed by atoms with Crippen molar-refractivity contribution in [2.75, 3.05) is 19.8 Å². The maximum atomic E-state index is 11.0. The van der Waals surface area contributed by atoms with Gasteiger partial charge in [-0.1, -0.05) is 0 Å². The fourth-order valence-electron chi connectivity index (χ4n) is 0.637. The third-order valence-electron chi connectivity index (χ3n) is 1.33. The lowest BCUT2D eigenvalue weighted by molar-refractivity contribution is -0.119. The van der Waals surface area contributed by atoms with E-state index < -0.39 is 17.3 Å². The molecule has 82 valence electrons. The van der Waals surface area contributed by atoms with Crippen LogP contribution in [0.3, 0.4) is 0 Å². The zero-order valence-corrected chi connectivity index (χ0v) is 9.06. The van der Waals surface area contributed by atoms with Crippen molar-refractivity contribution < 1.29 is 14.3 Å². The van der Waals surface area contributed by atoms with Crippen LogP contribution in [-0.2, 0) is 9.53 Å². The summed E-state index contributed by atoms with van der Waals surface area (Å²) in [7, 11) is 0. The van der Waals surface area contributed by atoms with Gasteiger partial charge in [0.05, 0.1) is 6.61 Å². The molecule has 0 radical (unpaired) electrons. The lowest BCUT2D eigenvalue weighted by Crippen LogP contribution is -2.43. The molecule has 0 aliphatic rings. The number of urea groups is 1. The number of rotatable bonds is 5. The Hall–Kier alpha value is -0.810. The first kappa shape index (κ1) is 13.2. The number of carbonyl (C=O) groups is 2. The van der Waals surface area contributed by atoms with E-state index in [1.807, 2.05) is 6.92 Å². The third kappa shape index (κ3) is 6.68. The number of ether oxygens (including phenoxy) is 1. The first-order valence-corrected chi connectivity index (χ1v) is 4.82. The Bertz CT molecular complexity index is 197. The summed E-state index contributed by atoms with van der Waals surface area (Å²) in [6.45, 7) is 4.74. The molecule has 5 nitrogen and oxygen atoms in total. The van der Waals surface area contributed by atoms with E-state index in [0.29, 0.717) is 19.8 Å². The number of halogens is 1.